The summed E-state index contributed by atoms with van der Waals surface area (Å²) in [4.78, 5) is 26.4. The smallest absolute Gasteiger partial charge is 0.269 e. The predicted molar refractivity (Wildman–Crippen MR) is 96.8 cm³/mol. The molecule has 0 aliphatic rings. The number of hydrogen-bond acceptors (Lipinski definition) is 6. The SMILES string of the molecule is N#C/C(=C/c1cccn1-c1ccc([N+](=O)[O-])cc1)C(=O)Nc1nccs1. The molecule has 0 radical (unpaired) electrons. The number of rotatable bonds is 5. The number of non-ortho nitro benzene ring substituents is 1. The van der Waals surface area contributed by atoms with Gasteiger partial charge in [0.2, 0.25) is 0 Å². The third-order valence-corrected chi connectivity index (χ3v) is 4.12. The lowest BCUT2D eigenvalue weighted by Crippen LogP contribution is -2.13. The molecule has 1 amide bonds. The molecule has 26 heavy (non-hydrogen) atoms. The Morgan fingerprint density at radius 1 is 1.35 bits per heavy atom. The van der Waals surface area contributed by atoms with Crippen molar-refractivity contribution < 1.29 is 9.72 Å². The standard InChI is InChI=1S/C17H11N5O3S/c18-11-12(16(23)20-17-19-7-9-26-17)10-15-2-1-8-21(15)13-3-5-14(6-4-13)22(24)25/h1-10H,(H,19,20,23)/b12-10-. The molecule has 0 saturated heterocycles. The minimum Gasteiger partial charge on any atom is -0.317 e. The van der Waals surface area contributed by atoms with Crippen LogP contribution in [0.1, 0.15) is 5.69 Å². The van der Waals surface area contributed by atoms with Crippen molar-refractivity contribution >= 4 is 34.1 Å². The summed E-state index contributed by atoms with van der Waals surface area (Å²) in [7, 11) is 0. The summed E-state index contributed by atoms with van der Waals surface area (Å²) in [5.74, 6) is -0.557. The van der Waals surface area contributed by atoms with Gasteiger partial charge in [-0.3, -0.25) is 20.2 Å². The molecule has 0 atom stereocenters. The molecule has 0 aliphatic carbocycles. The highest BCUT2D eigenvalue weighted by Gasteiger charge is 2.13. The summed E-state index contributed by atoms with van der Waals surface area (Å²) in [6, 6.07) is 11.3. The lowest BCUT2D eigenvalue weighted by Gasteiger charge is -2.07. The number of aromatic nitrogens is 2. The molecular formula is C17H11N5O3S. The first kappa shape index (κ1) is 17.1. The number of carbonyl (C=O) groups is 1. The number of hydrogen-bond donors (Lipinski definition) is 1. The van der Waals surface area contributed by atoms with E-state index < -0.39 is 10.8 Å². The van der Waals surface area contributed by atoms with Crippen LogP contribution in [0.4, 0.5) is 10.8 Å². The minimum atomic E-state index is -0.557. The molecule has 3 aromatic rings. The van der Waals surface area contributed by atoms with Crippen molar-refractivity contribution in [3.05, 3.63) is 75.6 Å². The third kappa shape index (κ3) is 3.66. The molecule has 0 bridgehead atoms. The molecule has 3 rings (SSSR count). The Balaban J connectivity index is 1.89. The Morgan fingerprint density at radius 3 is 2.73 bits per heavy atom. The summed E-state index contributed by atoms with van der Waals surface area (Å²) in [5.41, 5.74) is 1.16. The van der Waals surface area contributed by atoms with Crippen LogP contribution in [0.5, 0.6) is 0 Å². The maximum atomic E-state index is 12.2. The Labute approximate surface area is 151 Å². The highest BCUT2D eigenvalue weighted by atomic mass is 32.1. The second-order valence-electron chi connectivity index (χ2n) is 5.04. The van der Waals surface area contributed by atoms with E-state index in [2.05, 4.69) is 10.3 Å². The average Bonchev–Trinajstić information content (AvgIpc) is 3.31. The highest BCUT2D eigenvalue weighted by Crippen LogP contribution is 2.19. The maximum Gasteiger partial charge on any atom is 0.269 e. The number of amides is 1. The predicted octanol–water partition coefficient (Wildman–Crippen LogP) is 3.39. The molecular weight excluding hydrogens is 354 g/mol. The van der Waals surface area contributed by atoms with E-state index in [0.717, 1.165) is 0 Å². The summed E-state index contributed by atoms with van der Waals surface area (Å²) < 4.78 is 1.72. The zero-order valence-electron chi connectivity index (χ0n) is 13.2. The van der Waals surface area contributed by atoms with Crippen LogP contribution < -0.4 is 5.32 Å². The minimum absolute atomic E-state index is 0.0152. The van der Waals surface area contributed by atoms with Gasteiger partial charge >= 0.3 is 0 Å². The average molecular weight is 365 g/mol. The second-order valence-corrected chi connectivity index (χ2v) is 5.93. The van der Waals surface area contributed by atoms with E-state index in [1.807, 2.05) is 6.07 Å². The van der Waals surface area contributed by atoms with Gasteiger partial charge in [0.15, 0.2) is 5.13 Å². The van der Waals surface area contributed by atoms with Crippen LogP contribution in [0, 0.1) is 21.4 Å². The van der Waals surface area contributed by atoms with Gasteiger partial charge in [-0.1, -0.05) is 0 Å². The number of nitro groups is 1. The van der Waals surface area contributed by atoms with E-state index in [0.29, 0.717) is 16.5 Å². The summed E-state index contributed by atoms with van der Waals surface area (Å²) in [5, 5.41) is 24.7. The van der Waals surface area contributed by atoms with Crippen molar-refractivity contribution in [1.29, 1.82) is 5.26 Å². The molecule has 0 spiro atoms. The molecule has 1 N–H and O–H groups in total. The lowest BCUT2D eigenvalue weighted by molar-refractivity contribution is -0.384. The maximum absolute atomic E-state index is 12.2. The fourth-order valence-electron chi connectivity index (χ4n) is 2.23. The zero-order chi connectivity index (χ0) is 18.5. The topological polar surface area (TPSA) is 114 Å². The van der Waals surface area contributed by atoms with Gasteiger partial charge < -0.3 is 4.57 Å². The van der Waals surface area contributed by atoms with E-state index >= 15 is 0 Å². The van der Waals surface area contributed by atoms with Crippen LogP contribution in [0.2, 0.25) is 0 Å². The largest absolute Gasteiger partial charge is 0.317 e. The van der Waals surface area contributed by atoms with Crippen LogP contribution in [-0.2, 0) is 4.79 Å². The Kier molecular flexibility index (Phi) is 4.87. The van der Waals surface area contributed by atoms with Crippen LogP contribution in [0.15, 0.2) is 59.7 Å². The molecule has 2 aromatic heterocycles. The number of nitrogens with one attached hydrogen (secondary N) is 1. The van der Waals surface area contributed by atoms with Gasteiger partial charge in [-0.15, -0.1) is 11.3 Å². The third-order valence-electron chi connectivity index (χ3n) is 3.43. The molecule has 8 nitrogen and oxygen atoms in total. The normalized spacial score (nSPS) is 11.0. The summed E-state index contributed by atoms with van der Waals surface area (Å²) >= 11 is 1.25. The lowest BCUT2D eigenvalue weighted by atomic mass is 10.2. The Hall–Kier alpha value is -3.77. The molecule has 2 heterocycles. The van der Waals surface area contributed by atoms with Crippen molar-refractivity contribution in [3.63, 3.8) is 0 Å². The first-order valence-electron chi connectivity index (χ1n) is 7.33. The zero-order valence-corrected chi connectivity index (χ0v) is 14.0. The highest BCUT2D eigenvalue weighted by molar-refractivity contribution is 7.13. The van der Waals surface area contributed by atoms with E-state index in [4.69, 9.17) is 0 Å². The molecule has 0 saturated carbocycles. The fourth-order valence-corrected chi connectivity index (χ4v) is 2.75. The van der Waals surface area contributed by atoms with Gasteiger partial charge in [-0.05, 0) is 30.3 Å². The monoisotopic (exact) mass is 365 g/mol. The second kappa shape index (κ2) is 7.42. The summed E-state index contributed by atoms with van der Waals surface area (Å²) in [6.07, 6.45) is 4.74. The van der Waals surface area contributed by atoms with Crippen LogP contribution >= 0.6 is 11.3 Å². The first-order valence-corrected chi connectivity index (χ1v) is 8.21. The van der Waals surface area contributed by atoms with Crippen molar-refractivity contribution in [2.24, 2.45) is 0 Å². The summed E-state index contributed by atoms with van der Waals surface area (Å²) in [6.45, 7) is 0. The molecule has 1 aromatic carbocycles. The Morgan fingerprint density at radius 2 is 2.12 bits per heavy atom. The number of thiazole rings is 1. The van der Waals surface area contributed by atoms with Crippen molar-refractivity contribution in [2.75, 3.05) is 5.32 Å². The fraction of sp³-hybridized carbons (Fsp3) is 0. The molecule has 0 unspecified atom stereocenters. The quantitative estimate of drug-likeness (QED) is 0.322. The van der Waals surface area contributed by atoms with E-state index in [9.17, 15) is 20.2 Å². The van der Waals surface area contributed by atoms with Crippen LogP contribution in [0.25, 0.3) is 11.8 Å². The first-order chi connectivity index (χ1) is 12.6. The number of nitriles is 1. The molecule has 0 aliphatic heterocycles. The van der Waals surface area contributed by atoms with Crippen LogP contribution in [-0.4, -0.2) is 20.4 Å². The van der Waals surface area contributed by atoms with Gasteiger partial charge in [0.1, 0.15) is 11.6 Å². The number of carbonyl (C=O) groups excluding carboxylic acids is 1. The number of nitrogens with zero attached hydrogens (tertiary/aromatic N) is 4. The van der Waals surface area contributed by atoms with Gasteiger partial charge in [-0.25, -0.2) is 4.98 Å². The molecule has 9 heteroatoms. The number of nitro benzene ring substituents is 1. The number of benzene rings is 1. The van der Waals surface area contributed by atoms with Crippen LogP contribution in [0.3, 0.4) is 0 Å². The Bertz CT molecular complexity index is 1010. The van der Waals surface area contributed by atoms with E-state index in [1.165, 1.54) is 29.5 Å². The van der Waals surface area contributed by atoms with E-state index in [1.54, 1.807) is 46.6 Å². The van der Waals surface area contributed by atoms with Crippen molar-refractivity contribution in [1.82, 2.24) is 9.55 Å². The van der Waals surface area contributed by atoms with Gasteiger partial charge in [0, 0.05) is 41.3 Å². The molecule has 0 fully saturated rings. The number of anilines is 1. The van der Waals surface area contributed by atoms with Crippen molar-refractivity contribution in [3.8, 4) is 11.8 Å². The van der Waals surface area contributed by atoms with E-state index in [-0.39, 0.29) is 11.3 Å². The van der Waals surface area contributed by atoms with Gasteiger partial charge in [-0.2, -0.15) is 5.26 Å². The van der Waals surface area contributed by atoms with Gasteiger partial charge in [0.25, 0.3) is 11.6 Å². The molecule has 128 valence electrons. The van der Waals surface area contributed by atoms with Gasteiger partial charge in [0.05, 0.1) is 4.92 Å². The van der Waals surface area contributed by atoms with Crippen molar-refractivity contribution in [2.45, 2.75) is 0 Å².